The highest BCUT2D eigenvalue weighted by molar-refractivity contribution is 5.63. The fourth-order valence-electron chi connectivity index (χ4n) is 2.18. The van der Waals surface area contributed by atoms with Gasteiger partial charge in [0.05, 0.1) is 7.11 Å². The molecular weight excluding hydrogens is 264 g/mol. The number of aromatic nitrogens is 2. The van der Waals surface area contributed by atoms with Crippen LogP contribution in [0, 0.1) is 0 Å². The van der Waals surface area contributed by atoms with Gasteiger partial charge < -0.3 is 15.4 Å². The Morgan fingerprint density at radius 2 is 1.86 bits per heavy atom. The van der Waals surface area contributed by atoms with Gasteiger partial charge in [0, 0.05) is 13.1 Å². The van der Waals surface area contributed by atoms with E-state index in [9.17, 15) is 0 Å². The average molecular weight is 286 g/mol. The van der Waals surface area contributed by atoms with E-state index in [1.165, 1.54) is 11.9 Å². The minimum absolute atomic E-state index is 0.290. The van der Waals surface area contributed by atoms with Crippen LogP contribution in [0.5, 0.6) is 5.75 Å². The first-order chi connectivity index (χ1) is 10.2. The van der Waals surface area contributed by atoms with Crippen LogP contribution in [-0.2, 0) is 6.42 Å². The molecule has 1 heterocycles. The van der Waals surface area contributed by atoms with Crippen molar-refractivity contribution in [1.29, 1.82) is 0 Å². The molecule has 0 amide bonds. The number of nitrogens with zero attached hydrogens (tertiary/aromatic N) is 2. The van der Waals surface area contributed by atoms with E-state index in [1.54, 1.807) is 7.11 Å². The summed E-state index contributed by atoms with van der Waals surface area (Å²) >= 11 is 0. The normalized spacial score (nSPS) is 11.8. The lowest BCUT2D eigenvalue weighted by Gasteiger charge is -2.17. The second-order valence-corrected chi connectivity index (χ2v) is 4.92. The van der Waals surface area contributed by atoms with E-state index in [4.69, 9.17) is 4.74 Å². The molecular formula is C16H22N4O. The Morgan fingerprint density at radius 1 is 1.14 bits per heavy atom. The van der Waals surface area contributed by atoms with Crippen LogP contribution in [0.2, 0.25) is 0 Å². The average Bonchev–Trinajstić information content (AvgIpc) is 2.53. The molecule has 5 nitrogen and oxygen atoms in total. The summed E-state index contributed by atoms with van der Waals surface area (Å²) in [5, 5.41) is 6.39. The lowest BCUT2D eigenvalue weighted by Crippen LogP contribution is -2.18. The van der Waals surface area contributed by atoms with Gasteiger partial charge in [-0.1, -0.05) is 30.3 Å². The van der Waals surface area contributed by atoms with E-state index in [2.05, 4.69) is 51.8 Å². The Labute approximate surface area is 125 Å². The van der Waals surface area contributed by atoms with Crippen molar-refractivity contribution >= 4 is 11.6 Å². The van der Waals surface area contributed by atoms with E-state index >= 15 is 0 Å². The number of aryl methyl sites for hydroxylation is 1. The van der Waals surface area contributed by atoms with E-state index in [0.29, 0.717) is 17.6 Å². The van der Waals surface area contributed by atoms with Gasteiger partial charge in [0.2, 0.25) is 5.75 Å². The molecule has 1 unspecified atom stereocenters. The van der Waals surface area contributed by atoms with Gasteiger partial charge in [-0.15, -0.1) is 0 Å². The first kappa shape index (κ1) is 15.1. The Bertz CT molecular complexity index is 559. The molecule has 2 rings (SSSR count). The molecule has 0 saturated carbocycles. The molecule has 5 heteroatoms. The lowest BCUT2D eigenvalue weighted by molar-refractivity contribution is 0.414. The van der Waals surface area contributed by atoms with Gasteiger partial charge in [-0.3, -0.25) is 0 Å². The summed E-state index contributed by atoms with van der Waals surface area (Å²) in [5.41, 5.74) is 1.34. The minimum atomic E-state index is 0.290. The zero-order chi connectivity index (χ0) is 15.1. The second kappa shape index (κ2) is 7.47. The van der Waals surface area contributed by atoms with Crippen molar-refractivity contribution in [3.8, 4) is 5.75 Å². The number of methoxy groups -OCH3 is 1. The molecule has 0 fully saturated rings. The first-order valence-corrected chi connectivity index (χ1v) is 7.11. The molecule has 21 heavy (non-hydrogen) atoms. The third-order valence-corrected chi connectivity index (χ3v) is 3.34. The molecule has 1 aromatic carbocycles. The van der Waals surface area contributed by atoms with E-state index in [0.717, 1.165) is 18.7 Å². The molecule has 2 aromatic rings. The van der Waals surface area contributed by atoms with Gasteiger partial charge in [-0.2, -0.15) is 0 Å². The molecule has 112 valence electrons. The number of anilines is 2. The summed E-state index contributed by atoms with van der Waals surface area (Å²) in [4.78, 5) is 8.41. The number of benzene rings is 1. The third-order valence-electron chi connectivity index (χ3n) is 3.34. The van der Waals surface area contributed by atoms with Gasteiger partial charge >= 0.3 is 0 Å². The highest BCUT2D eigenvalue weighted by Crippen LogP contribution is 2.29. The largest absolute Gasteiger partial charge is 0.490 e. The van der Waals surface area contributed by atoms with E-state index in [1.807, 2.05) is 13.1 Å². The summed E-state index contributed by atoms with van der Waals surface area (Å²) in [5.74, 6) is 2.05. The second-order valence-electron chi connectivity index (χ2n) is 4.92. The Morgan fingerprint density at radius 3 is 2.52 bits per heavy atom. The molecule has 0 aliphatic carbocycles. The maximum Gasteiger partial charge on any atom is 0.204 e. The quantitative estimate of drug-likeness (QED) is 0.819. The molecule has 0 spiro atoms. The molecule has 1 atom stereocenters. The van der Waals surface area contributed by atoms with Crippen LogP contribution in [-0.4, -0.2) is 30.2 Å². The predicted octanol–water partition coefficient (Wildman–Crippen LogP) is 2.96. The van der Waals surface area contributed by atoms with Crippen LogP contribution < -0.4 is 15.4 Å². The standard InChI is InChI=1S/C16H22N4O/c1-12(9-10-13-7-5-4-6-8-13)20-16-14(21-3)15(17-2)18-11-19-16/h4-8,11-12H,9-10H2,1-3H3,(H2,17,18,19,20). The van der Waals surface area contributed by atoms with Crippen LogP contribution in [0.4, 0.5) is 11.6 Å². The number of nitrogens with one attached hydrogen (secondary N) is 2. The SMILES string of the molecule is CNc1ncnc(NC(C)CCc2ccccc2)c1OC. The first-order valence-electron chi connectivity index (χ1n) is 7.11. The van der Waals surface area contributed by atoms with Crippen molar-refractivity contribution in [3.05, 3.63) is 42.2 Å². The molecule has 0 saturated heterocycles. The fraction of sp³-hybridized carbons (Fsp3) is 0.375. The van der Waals surface area contributed by atoms with E-state index < -0.39 is 0 Å². The number of ether oxygens (including phenoxy) is 1. The zero-order valence-corrected chi connectivity index (χ0v) is 12.8. The van der Waals surface area contributed by atoms with Crippen molar-refractivity contribution in [2.75, 3.05) is 24.8 Å². The van der Waals surface area contributed by atoms with E-state index in [-0.39, 0.29) is 0 Å². The van der Waals surface area contributed by atoms with Crippen molar-refractivity contribution in [1.82, 2.24) is 9.97 Å². The zero-order valence-electron chi connectivity index (χ0n) is 12.8. The van der Waals surface area contributed by atoms with Gasteiger partial charge in [0.1, 0.15) is 6.33 Å². The van der Waals surface area contributed by atoms with Crippen molar-refractivity contribution in [3.63, 3.8) is 0 Å². The summed E-state index contributed by atoms with van der Waals surface area (Å²) in [6, 6.07) is 10.8. The van der Waals surface area contributed by atoms with Crippen molar-refractivity contribution in [2.24, 2.45) is 0 Å². The molecule has 0 bridgehead atoms. The lowest BCUT2D eigenvalue weighted by atomic mass is 10.1. The summed E-state index contributed by atoms with van der Waals surface area (Å²) < 4.78 is 5.38. The third kappa shape index (κ3) is 4.08. The number of hydrogen-bond acceptors (Lipinski definition) is 5. The van der Waals surface area contributed by atoms with Gasteiger partial charge in [-0.25, -0.2) is 9.97 Å². The van der Waals surface area contributed by atoms with Gasteiger partial charge in [0.25, 0.3) is 0 Å². The maximum atomic E-state index is 5.38. The number of rotatable bonds is 7. The summed E-state index contributed by atoms with van der Waals surface area (Å²) in [6.45, 7) is 2.14. The minimum Gasteiger partial charge on any atom is -0.490 e. The fourth-order valence-corrected chi connectivity index (χ4v) is 2.18. The number of hydrogen-bond donors (Lipinski definition) is 2. The van der Waals surface area contributed by atoms with Crippen LogP contribution >= 0.6 is 0 Å². The van der Waals surface area contributed by atoms with Crippen molar-refractivity contribution in [2.45, 2.75) is 25.8 Å². The molecule has 2 N–H and O–H groups in total. The highest BCUT2D eigenvalue weighted by atomic mass is 16.5. The molecule has 1 aromatic heterocycles. The predicted molar refractivity (Wildman–Crippen MR) is 86.0 cm³/mol. The van der Waals surface area contributed by atoms with Crippen LogP contribution in [0.25, 0.3) is 0 Å². The van der Waals surface area contributed by atoms with Crippen LogP contribution in [0.15, 0.2) is 36.7 Å². The Balaban J connectivity index is 1.98. The molecule has 0 aliphatic heterocycles. The monoisotopic (exact) mass is 286 g/mol. The van der Waals surface area contributed by atoms with Gasteiger partial charge in [0.15, 0.2) is 11.6 Å². The Hall–Kier alpha value is -2.30. The van der Waals surface area contributed by atoms with Crippen molar-refractivity contribution < 1.29 is 4.74 Å². The van der Waals surface area contributed by atoms with Crippen LogP contribution in [0.3, 0.4) is 0 Å². The topological polar surface area (TPSA) is 59.1 Å². The highest BCUT2D eigenvalue weighted by Gasteiger charge is 2.13. The maximum absolute atomic E-state index is 5.38. The molecule has 0 radical (unpaired) electrons. The Kier molecular flexibility index (Phi) is 5.37. The van der Waals surface area contributed by atoms with Gasteiger partial charge in [-0.05, 0) is 25.3 Å². The summed E-state index contributed by atoms with van der Waals surface area (Å²) in [7, 11) is 3.44. The van der Waals surface area contributed by atoms with Crippen LogP contribution in [0.1, 0.15) is 18.9 Å². The summed E-state index contributed by atoms with van der Waals surface area (Å²) in [6.07, 6.45) is 3.58. The molecule has 0 aliphatic rings. The smallest absolute Gasteiger partial charge is 0.204 e.